The molecule has 0 aliphatic carbocycles. The number of carbonyl (C=O) groups is 3. The van der Waals surface area contributed by atoms with Gasteiger partial charge in [-0.15, -0.1) is 11.8 Å². The number of aliphatic hydroxyl groups is 1. The number of likely N-dealkylation sites (tertiary alicyclic amines) is 1. The zero-order chi connectivity index (χ0) is 24.3. The first-order chi connectivity index (χ1) is 15.4. The van der Waals surface area contributed by atoms with E-state index in [1.807, 2.05) is 70.7 Å². The zero-order valence-electron chi connectivity index (χ0n) is 20.4. The van der Waals surface area contributed by atoms with Crippen molar-refractivity contribution in [2.45, 2.75) is 75.1 Å². The van der Waals surface area contributed by atoms with E-state index in [1.165, 1.54) is 11.8 Å². The lowest BCUT2D eigenvalue weighted by molar-refractivity contribution is -0.154. The van der Waals surface area contributed by atoms with Crippen molar-refractivity contribution in [2.24, 2.45) is 17.8 Å². The molecule has 2 amide bonds. The first-order valence-electron chi connectivity index (χ1n) is 11.9. The third-order valence-corrected chi connectivity index (χ3v) is 9.70. The standard InChI is InChI=1S/C25H36N2O5S/c1-7-15(2)16(14-28)27-19-21(30)26(23(3,4)5)12-8-11-25(19)17(20(27)29)18-22(31)32-13-9-10-24(18,6)33-25/h8-11,15-19,28H,7,12-14H2,1-6H3/t15-,16-,17-,18+,19?,24-,25-/m0/s1. The summed E-state index contributed by atoms with van der Waals surface area (Å²) in [5.74, 6) is -2.19. The second kappa shape index (κ2) is 8.15. The smallest absolute Gasteiger partial charge is 0.311 e. The number of thioether (sulfide) groups is 1. The maximum absolute atomic E-state index is 14.2. The number of hydrogen-bond acceptors (Lipinski definition) is 6. The van der Waals surface area contributed by atoms with Gasteiger partial charge in [0.1, 0.15) is 12.6 Å². The third-order valence-electron chi connectivity index (χ3n) is 7.91. The van der Waals surface area contributed by atoms with Crippen molar-refractivity contribution in [1.82, 2.24) is 9.80 Å². The lowest BCUT2D eigenvalue weighted by Crippen LogP contribution is -2.60. The number of rotatable bonds is 4. The molecule has 0 aromatic rings. The van der Waals surface area contributed by atoms with Crippen molar-refractivity contribution in [3.8, 4) is 0 Å². The van der Waals surface area contributed by atoms with Gasteiger partial charge in [-0.25, -0.2) is 0 Å². The molecule has 0 saturated carbocycles. The van der Waals surface area contributed by atoms with Gasteiger partial charge in [0, 0.05) is 16.8 Å². The van der Waals surface area contributed by atoms with Crippen molar-refractivity contribution in [3.63, 3.8) is 0 Å². The van der Waals surface area contributed by atoms with Crippen LogP contribution in [0.4, 0.5) is 0 Å². The van der Waals surface area contributed by atoms with Gasteiger partial charge in [0.05, 0.1) is 29.2 Å². The van der Waals surface area contributed by atoms with Gasteiger partial charge in [0.15, 0.2) is 0 Å². The highest BCUT2D eigenvalue weighted by Crippen LogP contribution is 2.66. The highest BCUT2D eigenvalue weighted by Gasteiger charge is 2.75. The molecule has 0 aromatic heterocycles. The Morgan fingerprint density at radius 1 is 1.18 bits per heavy atom. The van der Waals surface area contributed by atoms with Crippen LogP contribution in [0.1, 0.15) is 48.0 Å². The van der Waals surface area contributed by atoms with Gasteiger partial charge in [-0.3, -0.25) is 14.4 Å². The Kier molecular flexibility index (Phi) is 6.01. The molecular weight excluding hydrogens is 440 g/mol. The number of esters is 1. The van der Waals surface area contributed by atoms with E-state index in [1.54, 1.807) is 4.90 Å². The fraction of sp³-hybridized carbons (Fsp3) is 0.720. The van der Waals surface area contributed by atoms with E-state index in [0.29, 0.717) is 6.54 Å². The fourth-order valence-electron chi connectivity index (χ4n) is 6.07. The van der Waals surface area contributed by atoms with Crippen LogP contribution in [-0.2, 0) is 19.1 Å². The molecule has 7 nitrogen and oxygen atoms in total. The maximum atomic E-state index is 14.2. The molecule has 4 aliphatic heterocycles. The summed E-state index contributed by atoms with van der Waals surface area (Å²) in [6.45, 7) is 12.3. The molecule has 0 bridgehead atoms. The Morgan fingerprint density at radius 2 is 1.88 bits per heavy atom. The summed E-state index contributed by atoms with van der Waals surface area (Å²) in [5.41, 5.74) is -0.443. The average Bonchev–Trinajstić information content (AvgIpc) is 2.98. The zero-order valence-corrected chi connectivity index (χ0v) is 21.2. The summed E-state index contributed by atoms with van der Waals surface area (Å²) in [5, 5.41) is 10.4. The Hall–Kier alpha value is -1.80. The third kappa shape index (κ3) is 3.47. The van der Waals surface area contributed by atoms with Gasteiger partial charge in [-0.05, 0) is 39.7 Å². The Bertz CT molecular complexity index is 911. The molecular formula is C25H36N2O5S. The minimum absolute atomic E-state index is 0.00434. The second-order valence-electron chi connectivity index (χ2n) is 10.9. The normalized spacial score (nSPS) is 37.8. The highest BCUT2D eigenvalue weighted by atomic mass is 32.2. The van der Waals surface area contributed by atoms with Crippen LogP contribution in [0.5, 0.6) is 0 Å². The molecule has 2 fully saturated rings. The maximum Gasteiger partial charge on any atom is 0.311 e. The van der Waals surface area contributed by atoms with Crippen LogP contribution in [0.3, 0.4) is 0 Å². The number of amides is 2. The molecule has 4 heterocycles. The number of aliphatic hydroxyl groups excluding tert-OH is 1. The van der Waals surface area contributed by atoms with Crippen molar-refractivity contribution in [2.75, 3.05) is 19.8 Å². The van der Waals surface area contributed by atoms with Crippen molar-refractivity contribution in [3.05, 3.63) is 24.3 Å². The first-order valence-corrected chi connectivity index (χ1v) is 12.7. The summed E-state index contributed by atoms with van der Waals surface area (Å²) in [4.78, 5) is 45.0. The van der Waals surface area contributed by atoms with E-state index in [2.05, 4.69) is 0 Å². The fourth-order valence-corrected chi connectivity index (χ4v) is 8.21. The lowest BCUT2D eigenvalue weighted by Gasteiger charge is -2.43. The molecule has 1 unspecified atom stereocenters. The number of carbonyl (C=O) groups excluding carboxylic acids is 3. The van der Waals surface area contributed by atoms with E-state index in [4.69, 9.17) is 4.74 Å². The Balaban J connectivity index is 1.93. The molecule has 0 radical (unpaired) electrons. The molecule has 0 aromatic carbocycles. The number of cyclic esters (lactones) is 1. The predicted molar refractivity (Wildman–Crippen MR) is 127 cm³/mol. The highest BCUT2D eigenvalue weighted by molar-refractivity contribution is 8.02. The summed E-state index contributed by atoms with van der Waals surface area (Å²) < 4.78 is 3.89. The molecule has 2 saturated heterocycles. The molecule has 33 heavy (non-hydrogen) atoms. The summed E-state index contributed by atoms with van der Waals surface area (Å²) in [6, 6.07) is -1.30. The van der Waals surface area contributed by atoms with Crippen molar-refractivity contribution < 1.29 is 24.2 Å². The summed E-state index contributed by atoms with van der Waals surface area (Å²) >= 11 is 1.53. The van der Waals surface area contributed by atoms with Crippen LogP contribution in [-0.4, -0.2) is 79.6 Å². The van der Waals surface area contributed by atoms with Crippen LogP contribution in [0, 0.1) is 17.8 Å². The van der Waals surface area contributed by atoms with Crippen molar-refractivity contribution >= 4 is 29.5 Å². The Morgan fingerprint density at radius 3 is 2.48 bits per heavy atom. The van der Waals surface area contributed by atoms with Crippen LogP contribution in [0.25, 0.3) is 0 Å². The molecule has 8 heteroatoms. The SMILES string of the molecule is CC[C@H](C)[C@H](CO)N1C(=O)[C@@H]2[C@@H]3C(=O)OCC=C[C@]3(C)S[C@@]23C=CCN(C(C)(C)C)C(=O)C13. The van der Waals surface area contributed by atoms with Crippen LogP contribution in [0.2, 0.25) is 0 Å². The minimum Gasteiger partial charge on any atom is -0.461 e. The number of ether oxygens (including phenoxy) is 1. The predicted octanol–water partition coefficient (Wildman–Crippen LogP) is 2.39. The number of hydrogen-bond donors (Lipinski definition) is 1. The van der Waals surface area contributed by atoms with Gasteiger partial charge in [-0.2, -0.15) is 0 Å². The van der Waals surface area contributed by atoms with Crippen LogP contribution in [0.15, 0.2) is 24.3 Å². The first kappa shape index (κ1) is 24.3. The monoisotopic (exact) mass is 476 g/mol. The molecule has 1 N–H and O–H groups in total. The Labute approximate surface area is 200 Å². The minimum atomic E-state index is -0.908. The molecule has 4 aliphatic rings. The van der Waals surface area contributed by atoms with Gasteiger partial charge in [0.25, 0.3) is 0 Å². The number of nitrogens with zero attached hydrogens (tertiary/aromatic N) is 2. The van der Waals surface area contributed by atoms with E-state index >= 15 is 0 Å². The topological polar surface area (TPSA) is 87.2 Å². The van der Waals surface area contributed by atoms with Gasteiger partial charge < -0.3 is 19.6 Å². The van der Waals surface area contributed by atoms with E-state index in [0.717, 1.165) is 6.42 Å². The second-order valence-corrected chi connectivity index (χ2v) is 12.7. The number of fused-ring (bicyclic) bond motifs is 2. The quantitative estimate of drug-likeness (QED) is 0.495. The molecule has 7 atom stereocenters. The average molecular weight is 477 g/mol. The van der Waals surface area contributed by atoms with Gasteiger partial charge in [0.2, 0.25) is 11.8 Å². The summed E-state index contributed by atoms with van der Waals surface area (Å²) in [7, 11) is 0. The largest absolute Gasteiger partial charge is 0.461 e. The lowest BCUT2D eigenvalue weighted by atomic mass is 9.75. The summed E-state index contributed by atoms with van der Waals surface area (Å²) in [6.07, 6.45) is 8.53. The van der Waals surface area contributed by atoms with E-state index in [-0.39, 0.29) is 30.9 Å². The van der Waals surface area contributed by atoms with Crippen LogP contribution < -0.4 is 0 Å². The van der Waals surface area contributed by atoms with E-state index in [9.17, 15) is 19.5 Å². The van der Waals surface area contributed by atoms with Crippen LogP contribution >= 0.6 is 11.8 Å². The van der Waals surface area contributed by atoms with Gasteiger partial charge in [-0.1, -0.05) is 38.5 Å². The molecule has 182 valence electrons. The van der Waals surface area contributed by atoms with Crippen molar-refractivity contribution in [1.29, 1.82) is 0 Å². The van der Waals surface area contributed by atoms with Gasteiger partial charge >= 0.3 is 5.97 Å². The molecule has 1 spiro atoms. The molecule has 4 rings (SSSR count). The van der Waals surface area contributed by atoms with E-state index < -0.39 is 44.9 Å².